The standard InChI is InChI=1S/C20H24ClNO2/c1-13-7-8-18(15(3)10-13)24-9-5-6-19(23)22-20-16(4)11-14(2)12-17(20)21/h7-8,10-12H,5-6,9H2,1-4H3,(H,22,23). The lowest BCUT2D eigenvalue weighted by atomic mass is 10.1. The van der Waals surface area contributed by atoms with Gasteiger partial charge in [-0.3, -0.25) is 4.79 Å². The Morgan fingerprint density at radius 2 is 1.75 bits per heavy atom. The van der Waals surface area contributed by atoms with Crippen molar-refractivity contribution in [2.24, 2.45) is 0 Å². The molecule has 4 heteroatoms. The Hall–Kier alpha value is -2.00. The quantitative estimate of drug-likeness (QED) is 0.714. The van der Waals surface area contributed by atoms with E-state index in [-0.39, 0.29) is 5.91 Å². The second-order valence-corrected chi connectivity index (χ2v) is 6.61. The van der Waals surface area contributed by atoms with Crippen LogP contribution in [0.5, 0.6) is 5.75 Å². The molecule has 128 valence electrons. The molecule has 0 aliphatic heterocycles. The molecule has 0 bridgehead atoms. The summed E-state index contributed by atoms with van der Waals surface area (Å²) in [6, 6.07) is 9.94. The Balaban J connectivity index is 1.82. The van der Waals surface area contributed by atoms with Gasteiger partial charge < -0.3 is 10.1 Å². The molecule has 0 aromatic heterocycles. The molecule has 0 spiro atoms. The van der Waals surface area contributed by atoms with Crippen molar-refractivity contribution in [2.75, 3.05) is 11.9 Å². The van der Waals surface area contributed by atoms with Gasteiger partial charge in [0.05, 0.1) is 17.3 Å². The van der Waals surface area contributed by atoms with Crippen molar-refractivity contribution >= 4 is 23.2 Å². The maximum absolute atomic E-state index is 12.1. The van der Waals surface area contributed by atoms with Crippen molar-refractivity contribution in [1.82, 2.24) is 0 Å². The highest BCUT2D eigenvalue weighted by molar-refractivity contribution is 6.34. The number of nitrogens with one attached hydrogen (secondary N) is 1. The molecule has 0 aliphatic carbocycles. The predicted molar refractivity (Wildman–Crippen MR) is 100 cm³/mol. The van der Waals surface area contributed by atoms with Crippen LogP contribution in [0.25, 0.3) is 0 Å². The van der Waals surface area contributed by atoms with Gasteiger partial charge in [-0.15, -0.1) is 0 Å². The number of halogens is 1. The average molecular weight is 346 g/mol. The van der Waals surface area contributed by atoms with Crippen molar-refractivity contribution < 1.29 is 9.53 Å². The van der Waals surface area contributed by atoms with Gasteiger partial charge >= 0.3 is 0 Å². The second kappa shape index (κ2) is 8.20. The van der Waals surface area contributed by atoms with E-state index in [2.05, 4.69) is 18.3 Å². The molecule has 2 aromatic rings. The first-order valence-electron chi connectivity index (χ1n) is 8.13. The third kappa shape index (κ3) is 5.00. The van der Waals surface area contributed by atoms with Crippen LogP contribution < -0.4 is 10.1 Å². The van der Waals surface area contributed by atoms with Crippen LogP contribution in [0, 0.1) is 27.7 Å². The van der Waals surface area contributed by atoms with Crippen LogP contribution in [0.2, 0.25) is 5.02 Å². The summed E-state index contributed by atoms with van der Waals surface area (Å²) in [5.41, 5.74) is 5.07. The van der Waals surface area contributed by atoms with E-state index in [4.69, 9.17) is 16.3 Å². The van der Waals surface area contributed by atoms with Crippen molar-refractivity contribution in [1.29, 1.82) is 0 Å². The highest BCUT2D eigenvalue weighted by Gasteiger charge is 2.09. The van der Waals surface area contributed by atoms with Gasteiger partial charge in [0, 0.05) is 6.42 Å². The first kappa shape index (κ1) is 18.3. The first-order valence-corrected chi connectivity index (χ1v) is 8.51. The zero-order valence-corrected chi connectivity index (χ0v) is 15.5. The molecule has 2 rings (SSSR count). The SMILES string of the molecule is Cc1ccc(OCCCC(=O)Nc2c(C)cc(C)cc2Cl)c(C)c1. The third-order valence-electron chi connectivity index (χ3n) is 3.83. The number of rotatable bonds is 6. The topological polar surface area (TPSA) is 38.3 Å². The van der Waals surface area contributed by atoms with Gasteiger partial charge in [0.25, 0.3) is 0 Å². The van der Waals surface area contributed by atoms with Gasteiger partial charge in [0.2, 0.25) is 5.91 Å². The molecule has 0 radical (unpaired) electrons. The summed E-state index contributed by atoms with van der Waals surface area (Å²) < 4.78 is 5.75. The molecule has 0 aliphatic rings. The maximum atomic E-state index is 12.1. The summed E-state index contributed by atoms with van der Waals surface area (Å²) in [7, 11) is 0. The van der Waals surface area contributed by atoms with Crippen molar-refractivity contribution in [3.63, 3.8) is 0 Å². The minimum Gasteiger partial charge on any atom is -0.493 e. The number of aryl methyl sites for hydroxylation is 4. The van der Waals surface area contributed by atoms with Crippen LogP contribution in [0.4, 0.5) is 5.69 Å². The Labute approximate surface area is 149 Å². The fourth-order valence-electron chi connectivity index (χ4n) is 2.65. The van der Waals surface area contributed by atoms with E-state index < -0.39 is 0 Å². The van der Waals surface area contributed by atoms with Gasteiger partial charge in [-0.2, -0.15) is 0 Å². The molecular formula is C20H24ClNO2. The Kier molecular flexibility index (Phi) is 6.27. The Bertz CT molecular complexity index is 717. The number of benzene rings is 2. The monoisotopic (exact) mass is 345 g/mol. The van der Waals surface area contributed by atoms with E-state index >= 15 is 0 Å². The van der Waals surface area contributed by atoms with Crippen LogP contribution in [-0.2, 0) is 4.79 Å². The molecule has 24 heavy (non-hydrogen) atoms. The third-order valence-corrected chi connectivity index (χ3v) is 4.13. The molecular weight excluding hydrogens is 322 g/mol. The summed E-state index contributed by atoms with van der Waals surface area (Å²) in [5, 5.41) is 3.47. The molecule has 2 aromatic carbocycles. The van der Waals surface area contributed by atoms with Crippen LogP contribution in [0.15, 0.2) is 30.3 Å². The van der Waals surface area contributed by atoms with Gasteiger partial charge in [0.1, 0.15) is 5.75 Å². The number of amides is 1. The predicted octanol–water partition coefficient (Wildman–Crippen LogP) is 5.37. The average Bonchev–Trinajstić information content (AvgIpc) is 2.49. The van der Waals surface area contributed by atoms with Gasteiger partial charge in [-0.1, -0.05) is 35.4 Å². The zero-order chi connectivity index (χ0) is 17.7. The van der Waals surface area contributed by atoms with Crippen molar-refractivity contribution in [2.45, 2.75) is 40.5 Å². The highest BCUT2D eigenvalue weighted by atomic mass is 35.5. The van der Waals surface area contributed by atoms with E-state index in [9.17, 15) is 4.79 Å². The number of anilines is 1. The molecule has 1 N–H and O–H groups in total. The Morgan fingerprint density at radius 3 is 2.42 bits per heavy atom. The van der Waals surface area contributed by atoms with Crippen molar-refractivity contribution in [3.8, 4) is 5.75 Å². The summed E-state index contributed by atoms with van der Waals surface area (Å²) in [6.07, 6.45) is 1.05. The summed E-state index contributed by atoms with van der Waals surface area (Å²) in [5.74, 6) is 0.825. The van der Waals surface area contributed by atoms with Gasteiger partial charge in [-0.05, 0) is 62.9 Å². The van der Waals surface area contributed by atoms with E-state index in [1.807, 2.05) is 45.0 Å². The summed E-state index contributed by atoms with van der Waals surface area (Å²) in [4.78, 5) is 12.1. The number of carbonyl (C=O) groups excluding carboxylic acids is 1. The minimum absolute atomic E-state index is 0.0481. The van der Waals surface area contributed by atoms with Crippen molar-refractivity contribution in [3.05, 3.63) is 57.6 Å². The molecule has 0 heterocycles. The van der Waals surface area contributed by atoms with Crippen LogP contribution in [0.1, 0.15) is 35.1 Å². The first-order chi connectivity index (χ1) is 11.4. The van der Waals surface area contributed by atoms with E-state index in [0.717, 1.165) is 22.4 Å². The normalized spacial score (nSPS) is 10.5. The van der Waals surface area contributed by atoms with E-state index in [1.54, 1.807) is 0 Å². The number of hydrogen-bond donors (Lipinski definition) is 1. The lowest BCUT2D eigenvalue weighted by Gasteiger charge is -2.12. The van der Waals surface area contributed by atoms with Crippen LogP contribution >= 0.6 is 11.6 Å². The number of carbonyl (C=O) groups is 1. The molecule has 0 fully saturated rings. The number of ether oxygens (including phenoxy) is 1. The lowest BCUT2D eigenvalue weighted by molar-refractivity contribution is -0.116. The molecule has 0 atom stereocenters. The fraction of sp³-hybridized carbons (Fsp3) is 0.350. The van der Waals surface area contributed by atoms with E-state index in [0.29, 0.717) is 30.2 Å². The smallest absolute Gasteiger partial charge is 0.224 e. The number of hydrogen-bond acceptors (Lipinski definition) is 2. The summed E-state index contributed by atoms with van der Waals surface area (Å²) >= 11 is 6.21. The highest BCUT2D eigenvalue weighted by Crippen LogP contribution is 2.27. The van der Waals surface area contributed by atoms with Crippen LogP contribution in [0.3, 0.4) is 0 Å². The zero-order valence-electron chi connectivity index (χ0n) is 14.7. The molecule has 0 saturated carbocycles. The molecule has 3 nitrogen and oxygen atoms in total. The maximum Gasteiger partial charge on any atom is 0.224 e. The van der Waals surface area contributed by atoms with E-state index in [1.165, 1.54) is 5.56 Å². The molecule has 0 saturated heterocycles. The Morgan fingerprint density at radius 1 is 1.04 bits per heavy atom. The second-order valence-electron chi connectivity index (χ2n) is 6.21. The van der Waals surface area contributed by atoms with Gasteiger partial charge in [-0.25, -0.2) is 0 Å². The fourth-order valence-corrected chi connectivity index (χ4v) is 3.02. The minimum atomic E-state index is -0.0481. The molecule has 0 unspecified atom stereocenters. The largest absolute Gasteiger partial charge is 0.493 e. The van der Waals surface area contributed by atoms with Crippen LogP contribution in [-0.4, -0.2) is 12.5 Å². The van der Waals surface area contributed by atoms with Gasteiger partial charge in [0.15, 0.2) is 0 Å². The molecule has 1 amide bonds. The summed E-state index contributed by atoms with van der Waals surface area (Å²) in [6.45, 7) is 8.51. The lowest BCUT2D eigenvalue weighted by Crippen LogP contribution is -2.14.